The van der Waals surface area contributed by atoms with Crippen molar-refractivity contribution < 1.29 is 28.6 Å². The van der Waals surface area contributed by atoms with Crippen molar-refractivity contribution in [3.63, 3.8) is 0 Å². The van der Waals surface area contributed by atoms with Crippen molar-refractivity contribution in [1.82, 2.24) is 0 Å². The molecular weight excluding hydrogens is 961 g/mol. The highest BCUT2D eigenvalue weighted by Gasteiger charge is 2.19. The van der Waals surface area contributed by atoms with E-state index in [0.717, 1.165) is 122 Å². The van der Waals surface area contributed by atoms with E-state index in [9.17, 15) is 14.4 Å². The Morgan fingerprint density at radius 2 is 0.551 bits per heavy atom. The highest BCUT2D eigenvalue weighted by Crippen LogP contribution is 2.16. The van der Waals surface area contributed by atoms with Crippen LogP contribution < -0.4 is 0 Å². The summed E-state index contributed by atoms with van der Waals surface area (Å²) in [5.41, 5.74) is 0. The SMILES string of the molecule is CC/C=C\C/C=C\C/C=C\C/C=C\C/C=C\C/C=C\CCCCCCCCC(=O)OCC(COC(=O)C/C=C\C/C=C\C/C=C\C/C=C\C/C=C\CC)OC(=O)CCCCCCCCCCCCCCCCCCCCCC. The average molecular weight is 1080 g/mol. The van der Waals surface area contributed by atoms with Crippen molar-refractivity contribution in [3.05, 3.63) is 134 Å². The van der Waals surface area contributed by atoms with Gasteiger partial charge in [0.05, 0.1) is 6.42 Å². The lowest BCUT2D eigenvalue weighted by Gasteiger charge is -2.18. The molecule has 0 aliphatic heterocycles. The average Bonchev–Trinajstić information content (AvgIpc) is 3.44. The Morgan fingerprint density at radius 3 is 0.897 bits per heavy atom. The van der Waals surface area contributed by atoms with E-state index in [2.05, 4.69) is 142 Å². The molecule has 0 saturated carbocycles. The van der Waals surface area contributed by atoms with Crippen molar-refractivity contribution in [2.45, 2.75) is 290 Å². The molecule has 6 heteroatoms. The molecule has 0 rings (SSSR count). The van der Waals surface area contributed by atoms with Gasteiger partial charge in [0.25, 0.3) is 0 Å². The fourth-order valence-corrected chi connectivity index (χ4v) is 8.70. The number of allylic oxidation sites excluding steroid dienone is 21. The van der Waals surface area contributed by atoms with Crippen molar-refractivity contribution in [2.75, 3.05) is 13.2 Å². The highest BCUT2D eigenvalue weighted by atomic mass is 16.6. The second-order valence-corrected chi connectivity index (χ2v) is 20.9. The van der Waals surface area contributed by atoms with Gasteiger partial charge in [0.15, 0.2) is 6.10 Å². The molecule has 0 saturated heterocycles. The van der Waals surface area contributed by atoms with E-state index in [0.29, 0.717) is 12.8 Å². The molecule has 0 aromatic rings. The van der Waals surface area contributed by atoms with Crippen molar-refractivity contribution >= 4 is 17.9 Å². The van der Waals surface area contributed by atoms with Gasteiger partial charge in [-0.15, -0.1) is 0 Å². The van der Waals surface area contributed by atoms with Crippen LogP contribution in [0.2, 0.25) is 0 Å². The van der Waals surface area contributed by atoms with Crippen LogP contribution >= 0.6 is 0 Å². The summed E-state index contributed by atoms with van der Waals surface area (Å²) in [6.07, 6.45) is 92.0. The zero-order valence-electron chi connectivity index (χ0n) is 50.6. The Morgan fingerprint density at radius 1 is 0.282 bits per heavy atom. The number of hydrogen-bond acceptors (Lipinski definition) is 6. The number of unbranched alkanes of at least 4 members (excludes halogenated alkanes) is 25. The molecule has 442 valence electrons. The lowest BCUT2D eigenvalue weighted by atomic mass is 10.0. The maximum atomic E-state index is 12.9. The number of carbonyl (C=O) groups is 3. The summed E-state index contributed by atoms with van der Waals surface area (Å²) in [4.78, 5) is 38.3. The zero-order valence-corrected chi connectivity index (χ0v) is 50.6. The first-order valence-electron chi connectivity index (χ1n) is 32.2. The Bertz CT molecular complexity index is 1670. The Hall–Kier alpha value is -4.45. The first kappa shape index (κ1) is 73.5. The summed E-state index contributed by atoms with van der Waals surface area (Å²) in [7, 11) is 0. The van der Waals surface area contributed by atoms with Crippen LogP contribution in [-0.4, -0.2) is 37.2 Å². The van der Waals surface area contributed by atoms with Gasteiger partial charge < -0.3 is 14.2 Å². The second kappa shape index (κ2) is 65.1. The molecule has 0 spiro atoms. The first-order chi connectivity index (χ1) is 38.5. The van der Waals surface area contributed by atoms with Gasteiger partial charge in [-0.3, -0.25) is 14.4 Å². The molecule has 0 N–H and O–H groups in total. The van der Waals surface area contributed by atoms with Gasteiger partial charge >= 0.3 is 17.9 Å². The number of rotatable bonds is 57. The van der Waals surface area contributed by atoms with E-state index in [1.165, 1.54) is 122 Å². The molecule has 0 radical (unpaired) electrons. The van der Waals surface area contributed by atoms with Gasteiger partial charge in [0, 0.05) is 12.8 Å². The van der Waals surface area contributed by atoms with E-state index in [-0.39, 0.29) is 31.6 Å². The summed E-state index contributed by atoms with van der Waals surface area (Å²) >= 11 is 0. The van der Waals surface area contributed by atoms with Gasteiger partial charge in [0.1, 0.15) is 13.2 Å². The number of hydrogen-bond donors (Lipinski definition) is 0. The van der Waals surface area contributed by atoms with Gasteiger partial charge in [-0.2, -0.15) is 0 Å². The Kier molecular flexibility index (Phi) is 61.4. The van der Waals surface area contributed by atoms with E-state index in [4.69, 9.17) is 14.2 Å². The van der Waals surface area contributed by atoms with Crippen LogP contribution in [-0.2, 0) is 28.6 Å². The quantitative estimate of drug-likeness (QED) is 0.0261. The van der Waals surface area contributed by atoms with E-state index < -0.39 is 12.1 Å². The minimum Gasteiger partial charge on any atom is -0.462 e. The molecule has 0 aliphatic carbocycles. The van der Waals surface area contributed by atoms with Gasteiger partial charge in [0.2, 0.25) is 0 Å². The van der Waals surface area contributed by atoms with Crippen LogP contribution in [0.15, 0.2) is 134 Å². The first-order valence-corrected chi connectivity index (χ1v) is 32.2. The van der Waals surface area contributed by atoms with E-state index in [1.54, 1.807) is 6.08 Å². The molecule has 0 aromatic carbocycles. The maximum absolute atomic E-state index is 12.9. The topological polar surface area (TPSA) is 78.9 Å². The summed E-state index contributed by atoms with van der Waals surface area (Å²) in [5.74, 6) is -1.06. The van der Waals surface area contributed by atoms with Gasteiger partial charge in [-0.25, -0.2) is 0 Å². The second-order valence-electron chi connectivity index (χ2n) is 20.9. The lowest BCUT2D eigenvalue weighted by Crippen LogP contribution is -2.30. The summed E-state index contributed by atoms with van der Waals surface area (Å²) in [5, 5.41) is 0. The molecule has 6 nitrogen and oxygen atoms in total. The Labute approximate surface area is 481 Å². The molecule has 0 amide bonds. The lowest BCUT2D eigenvalue weighted by molar-refractivity contribution is -0.166. The predicted molar refractivity (Wildman–Crippen MR) is 339 cm³/mol. The standard InChI is InChI=1S/C72H118O6/c1-4-7-10-13-16-19-22-25-28-30-32-34-35-36-37-38-40-41-44-47-50-53-56-59-62-65-71(74)77-68-69(67-76-70(73)64-61-58-55-52-49-46-43-27-24-21-18-15-12-9-6-3)78-72(75)66-63-60-57-54-51-48-45-42-39-33-31-29-26-23-20-17-14-11-8-5-2/h7,9-10,12,16,18-19,21,25,27-28,32,34,36-37,40-41,43,49,52,58,61,69H,4-6,8,11,13-15,17,20,22-24,26,29-31,33,35,38-39,42,44-48,50-51,53-57,59-60,62-68H2,1-3H3/b10-7-,12-9-,19-16-,21-18-,28-25-,34-32-,37-36-,41-40-,43-27-,52-49-,61-58-. The predicted octanol–water partition coefficient (Wildman–Crippen LogP) is 22.2. The van der Waals surface area contributed by atoms with E-state index >= 15 is 0 Å². The molecule has 1 atom stereocenters. The minimum atomic E-state index is -0.829. The highest BCUT2D eigenvalue weighted by molar-refractivity contribution is 5.72. The number of esters is 3. The van der Waals surface area contributed by atoms with E-state index in [1.807, 2.05) is 6.08 Å². The maximum Gasteiger partial charge on any atom is 0.309 e. The molecular formula is C72H118O6. The van der Waals surface area contributed by atoms with Gasteiger partial charge in [-0.05, 0) is 96.3 Å². The third kappa shape index (κ3) is 62.4. The molecule has 1 unspecified atom stereocenters. The van der Waals surface area contributed by atoms with Crippen LogP contribution in [0.3, 0.4) is 0 Å². The fourth-order valence-electron chi connectivity index (χ4n) is 8.70. The Balaban J connectivity index is 4.46. The van der Waals surface area contributed by atoms with Crippen LogP contribution in [0.4, 0.5) is 0 Å². The van der Waals surface area contributed by atoms with Crippen LogP contribution in [0, 0.1) is 0 Å². The zero-order chi connectivity index (χ0) is 56.4. The fraction of sp³-hybridized carbons (Fsp3) is 0.653. The monoisotopic (exact) mass is 1080 g/mol. The summed E-state index contributed by atoms with van der Waals surface area (Å²) in [6, 6.07) is 0. The summed E-state index contributed by atoms with van der Waals surface area (Å²) < 4.78 is 16.8. The molecule has 0 fully saturated rings. The van der Waals surface area contributed by atoms with Crippen molar-refractivity contribution in [1.29, 1.82) is 0 Å². The molecule has 0 aromatic heterocycles. The minimum absolute atomic E-state index is 0.118. The molecule has 78 heavy (non-hydrogen) atoms. The smallest absolute Gasteiger partial charge is 0.309 e. The third-order valence-electron chi connectivity index (χ3n) is 13.4. The van der Waals surface area contributed by atoms with Crippen LogP contribution in [0.5, 0.6) is 0 Å². The molecule has 0 aliphatic rings. The van der Waals surface area contributed by atoms with Crippen LogP contribution in [0.25, 0.3) is 0 Å². The summed E-state index contributed by atoms with van der Waals surface area (Å²) in [6.45, 7) is 6.33. The largest absolute Gasteiger partial charge is 0.462 e. The number of carbonyl (C=O) groups excluding carboxylic acids is 3. The van der Waals surface area contributed by atoms with Crippen molar-refractivity contribution in [2.24, 2.45) is 0 Å². The third-order valence-corrected chi connectivity index (χ3v) is 13.4. The number of ether oxygens (including phenoxy) is 3. The molecule has 0 bridgehead atoms. The van der Waals surface area contributed by atoms with Crippen LogP contribution in [0.1, 0.15) is 284 Å². The normalized spacial score (nSPS) is 13.0. The van der Waals surface area contributed by atoms with Gasteiger partial charge in [-0.1, -0.05) is 302 Å². The van der Waals surface area contributed by atoms with Crippen molar-refractivity contribution in [3.8, 4) is 0 Å². The molecule has 0 heterocycles.